The molecule has 7 heteroatoms. The quantitative estimate of drug-likeness (QED) is 0.769. The molecule has 2 aromatic rings. The topological polar surface area (TPSA) is 52.6 Å². The van der Waals surface area contributed by atoms with Gasteiger partial charge >= 0.3 is 0 Å². The number of hydrogen-bond acceptors (Lipinski definition) is 4. The van der Waals surface area contributed by atoms with Gasteiger partial charge in [0.15, 0.2) is 0 Å². The molecule has 152 valence electrons. The molecule has 0 aliphatic carbocycles. The highest BCUT2D eigenvalue weighted by molar-refractivity contribution is 7.89. The standard InChI is InChI=1S/C21H28FN3O2S/c1-17-4-3-5-20(16-17)25-14-12-24(13-15-25)11-10-18(2)23-28(26,27)21-8-6-19(22)7-9-21/h3-9,16,18,23H,10-15H2,1-2H3/t18-/m0/s1. The third-order valence-electron chi connectivity index (χ3n) is 5.10. The molecule has 1 aliphatic heterocycles. The van der Waals surface area contributed by atoms with Gasteiger partial charge in [-0.3, -0.25) is 4.90 Å². The predicted molar refractivity (Wildman–Crippen MR) is 111 cm³/mol. The Balaban J connectivity index is 1.45. The molecule has 0 unspecified atom stereocenters. The molecule has 2 aromatic carbocycles. The summed E-state index contributed by atoms with van der Waals surface area (Å²) < 4.78 is 40.4. The molecule has 1 aliphatic rings. The van der Waals surface area contributed by atoms with Gasteiger partial charge in [-0.25, -0.2) is 17.5 Å². The van der Waals surface area contributed by atoms with Crippen LogP contribution in [-0.4, -0.2) is 52.1 Å². The fourth-order valence-corrected chi connectivity index (χ4v) is 4.71. The summed E-state index contributed by atoms with van der Waals surface area (Å²) in [7, 11) is -3.62. The maximum atomic E-state index is 13.0. The van der Waals surface area contributed by atoms with Crippen molar-refractivity contribution in [2.24, 2.45) is 0 Å². The molecule has 0 spiro atoms. The number of nitrogens with one attached hydrogen (secondary N) is 1. The second kappa shape index (κ2) is 9.03. The number of benzene rings is 2. The van der Waals surface area contributed by atoms with Gasteiger partial charge in [-0.15, -0.1) is 0 Å². The van der Waals surface area contributed by atoms with E-state index in [4.69, 9.17) is 0 Å². The molecule has 0 aromatic heterocycles. The number of piperazine rings is 1. The summed E-state index contributed by atoms with van der Waals surface area (Å²) in [5.74, 6) is -0.447. The summed E-state index contributed by atoms with van der Waals surface area (Å²) in [6.07, 6.45) is 0.727. The van der Waals surface area contributed by atoms with Gasteiger partial charge in [0.1, 0.15) is 5.82 Å². The first-order valence-corrected chi connectivity index (χ1v) is 11.1. The first kappa shape index (κ1) is 20.8. The van der Waals surface area contributed by atoms with Crippen molar-refractivity contribution in [1.29, 1.82) is 0 Å². The minimum Gasteiger partial charge on any atom is -0.369 e. The lowest BCUT2D eigenvalue weighted by molar-refractivity contribution is 0.248. The van der Waals surface area contributed by atoms with Crippen LogP contribution in [0.15, 0.2) is 53.4 Å². The van der Waals surface area contributed by atoms with Crippen LogP contribution in [0.5, 0.6) is 0 Å². The molecule has 1 atom stereocenters. The van der Waals surface area contributed by atoms with Gasteiger partial charge in [-0.1, -0.05) is 12.1 Å². The van der Waals surface area contributed by atoms with Crippen LogP contribution in [0.4, 0.5) is 10.1 Å². The van der Waals surface area contributed by atoms with Gasteiger partial charge < -0.3 is 4.90 Å². The van der Waals surface area contributed by atoms with Crippen molar-refractivity contribution in [3.8, 4) is 0 Å². The maximum absolute atomic E-state index is 13.0. The first-order chi connectivity index (χ1) is 13.3. The Bertz CT molecular complexity index is 879. The summed E-state index contributed by atoms with van der Waals surface area (Å²) in [6, 6.07) is 13.3. The van der Waals surface area contributed by atoms with Crippen LogP contribution in [0, 0.1) is 12.7 Å². The lowest BCUT2D eigenvalue weighted by Gasteiger charge is -2.36. The molecule has 28 heavy (non-hydrogen) atoms. The van der Waals surface area contributed by atoms with E-state index < -0.39 is 15.8 Å². The number of sulfonamides is 1. The molecular weight excluding hydrogens is 377 g/mol. The largest absolute Gasteiger partial charge is 0.369 e. The molecule has 0 amide bonds. The number of anilines is 1. The average Bonchev–Trinajstić information content (AvgIpc) is 2.67. The predicted octanol–water partition coefficient (Wildman–Crippen LogP) is 3.01. The van der Waals surface area contributed by atoms with Crippen molar-refractivity contribution >= 4 is 15.7 Å². The molecular formula is C21H28FN3O2S. The zero-order chi connectivity index (χ0) is 20.1. The smallest absolute Gasteiger partial charge is 0.240 e. The number of halogens is 1. The van der Waals surface area contributed by atoms with Gasteiger partial charge in [-0.2, -0.15) is 0 Å². The monoisotopic (exact) mass is 405 g/mol. The zero-order valence-electron chi connectivity index (χ0n) is 16.4. The molecule has 1 fully saturated rings. The number of hydrogen-bond donors (Lipinski definition) is 1. The Morgan fingerprint density at radius 3 is 2.39 bits per heavy atom. The van der Waals surface area contributed by atoms with Crippen LogP contribution < -0.4 is 9.62 Å². The lowest BCUT2D eigenvalue weighted by Crippen LogP contribution is -2.47. The van der Waals surface area contributed by atoms with E-state index in [1.54, 1.807) is 0 Å². The van der Waals surface area contributed by atoms with Crippen LogP contribution in [0.25, 0.3) is 0 Å². The van der Waals surface area contributed by atoms with Gasteiger partial charge in [0.05, 0.1) is 4.90 Å². The first-order valence-electron chi connectivity index (χ1n) is 9.65. The van der Waals surface area contributed by atoms with Gasteiger partial charge in [0, 0.05) is 37.9 Å². The summed E-state index contributed by atoms with van der Waals surface area (Å²) >= 11 is 0. The number of aryl methyl sites for hydroxylation is 1. The van der Waals surface area contributed by atoms with E-state index in [2.05, 4.69) is 45.7 Å². The summed E-state index contributed by atoms with van der Waals surface area (Å²) in [5, 5.41) is 0. The Labute approximate surface area is 167 Å². The molecule has 1 saturated heterocycles. The minimum absolute atomic E-state index is 0.0903. The molecule has 3 rings (SSSR count). The van der Waals surface area contributed by atoms with Gasteiger partial charge in [0.25, 0.3) is 0 Å². The van der Waals surface area contributed by atoms with Gasteiger partial charge in [0.2, 0.25) is 10.0 Å². The van der Waals surface area contributed by atoms with E-state index in [9.17, 15) is 12.8 Å². The van der Waals surface area contributed by atoms with Gasteiger partial charge in [-0.05, 0) is 68.8 Å². The van der Waals surface area contributed by atoms with Crippen molar-refractivity contribution in [1.82, 2.24) is 9.62 Å². The highest BCUT2D eigenvalue weighted by Crippen LogP contribution is 2.18. The Morgan fingerprint density at radius 2 is 1.75 bits per heavy atom. The van der Waals surface area contributed by atoms with E-state index in [0.29, 0.717) is 0 Å². The van der Waals surface area contributed by atoms with Crippen LogP contribution in [-0.2, 0) is 10.0 Å². The fourth-order valence-electron chi connectivity index (χ4n) is 3.44. The Hall–Kier alpha value is -1.96. The van der Waals surface area contributed by atoms with E-state index >= 15 is 0 Å². The minimum atomic E-state index is -3.62. The highest BCUT2D eigenvalue weighted by atomic mass is 32.2. The van der Waals surface area contributed by atoms with Crippen molar-refractivity contribution < 1.29 is 12.8 Å². The van der Waals surface area contributed by atoms with Crippen LogP contribution in [0.2, 0.25) is 0 Å². The molecule has 5 nitrogen and oxygen atoms in total. The summed E-state index contributed by atoms with van der Waals surface area (Å²) in [5.41, 5.74) is 2.53. The molecule has 1 heterocycles. The van der Waals surface area contributed by atoms with E-state index in [1.807, 2.05) is 6.92 Å². The third-order valence-corrected chi connectivity index (χ3v) is 6.70. The molecule has 0 saturated carbocycles. The lowest BCUT2D eigenvalue weighted by atomic mass is 10.2. The van der Waals surface area contributed by atoms with Crippen LogP contribution in [0.3, 0.4) is 0 Å². The normalized spacial score (nSPS) is 16.9. The highest BCUT2D eigenvalue weighted by Gasteiger charge is 2.20. The SMILES string of the molecule is Cc1cccc(N2CCN(CC[C@H](C)NS(=O)(=O)c3ccc(F)cc3)CC2)c1. The second-order valence-electron chi connectivity index (χ2n) is 7.43. The Kier molecular flexibility index (Phi) is 6.69. The van der Waals surface area contributed by atoms with Crippen molar-refractivity contribution in [2.75, 3.05) is 37.6 Å². The summed E-state index contributed by atoms with van der Waals surface area (Å²) in [4.78, 5) is 4.85. The van der Waals surface area contributed by atoms with Crippen molar-refractivity contribution in [3.05, 3.63) is 59.9 Å². The molecule has 1 N–H and O–H groups in total. The average molecular weight is 406 g/mol. The Morgan fingerprint density at radius 1 is 1.07 bits per heavy atom. The number of rotatable bonds is 7. The number of nitrogens with zero attached hydrogens (tertiary/aromatic N) is 2. The molecule has 0 radical (unpaired) electrons. The maximum Gasteiger partial charge on any atom is 0.240 e. The van der Waals surface area contributed by atoms with Crippen LogP contribution in [0.1, 0.15) is 18.9 Å². The van der Waals surface area contributed by atoms with E-state index in [0.717, 1.165) is 51.3 Å². The molecule has 0 bridgehead atoms. The van der Waals surface area contributed by atoms with E-state index in [-0.39, 0.29) is 10.9 Å². The summed E-state index contributed by atoms with van der Waals surface area (Å²) in [6.45, 7) is 8.68. The zero-order valence-corrected chi connectivity index (χ0v) is 17.3. The second-order valence-corrected chi connectivity index (χ2v) is 9.15. The fraction of sp³-hybridized carbons (Fsp3) is 0.429. The van der Waals surface area contributed by atoms with Crippen molar-refractivity contribution in [3.63, 3.8) is 0 Å². The third kappa shape index (κ3) is 5.53. The van der Waals surface area contributed by atoms with Crippen molar-refractivity contribution in [2.45, 2.75) is 31.2 Å². The van der Waals surface area contributed by atoms with E-state index in [1.165, 1.54) is 23.4 Å². The van der Waals surface area contributed by atoms with Crippen LogP contribution >= 0.6 is 0 Å².